The highest BCUT2D eigenvalue weighted by molar-refractivity contribution is 5.68. The van der Waals surface area contributed by atoms with Crippen molar-refractivity contribution in [2.75, 3.05) is 7.11 Å². The molecule has 1 saturated heterocycles. The standard InChI is InChI=1S/C19H32O4/c1-3-4-8-12-17-18(23-17)15-14-16(20)11-9-6-5-7-10-13-19(21)22-2/h16-18,20H,3-13H2,1-2H3. The van der Waals surface area contributed by atoms with Gasteiger partial charge in [-0.25, -0.2) is 0 Å². The summed E-state index contributed by atoms with van der Waals surface area (Å²) in [6, 6.07) is 0. The largest absolute Gasteiger partial charge is 0.469 e. The smallest absolute Gasteiger partial charge is 0.305 e. The highest BCUT2D eigenvalue weighted by Gasteiger charge is 2.36. The van der Waals surface area contributed by atoms with E-state index in [0.29, 0.717) is 12.5 Å². The zero-order valence-corrected chi connectivity index (χ0v) is 14.7. The van der Waals surface area contributed by atoms with Crippen molar-refractivity contribution in [3.63, 3.8) is 0 Å². The summed E-state index contributed by atoms with van der Waals surface area (Å²) in [7, 11) is 1.42. The Kier molecular flexibility index (Phi) is 10.8. The van der Waals surface area contributed by atoms with Crippen LogP contribution in [0.15, 0.2) is 0 Å². The predicted octanol–water partition coefficient (Wildman–Crippen LogP) is 3.60. The van der Waals surface area contributed by atoms with Crippen molar-refractivity contribution < 1.29 is 19.4 Å². The average Bonchev–Trinajstić information content (AvgIpc) is 3.30. The number of ether oxygens (including phenoxy) is 2. The SMILES string of the molecule is CCCCCC1OC1C#CC(O)CCCCCCCC(=O)OC. The molecule has 132 valence electrons. The molecule has 1 rings (SSSR count). The number of carbonyl (C=O) groups is 1. The third-order valence-electron chi connectivity index (χ3n) is 4.15. The van der Waals surface area contributed by atoms with Gasteiger partial charge < -0.3 is 14.6 Å². The van der Waals surface area contributed by atoms with Gasteiger partial charge in [0.25, 0.3) is 0 Å². The summed E-state index contributed by atoms with van der Waals surface area (Å²) in [5.74, 6) is 5.82. The number of epoxide rings is 1. The first-order valence-electron chi connectivity index (χ1n) is 9.08. The van der Waals surface area contributed by atoms with Gasteiger partial charge in [-0.3, -0.25) is 4.79 Å². The molecule has 4 heteroatoms. The molecule has 0 radical (unpaired) electrons. The molecule has 3 atom stereocenters. The molecule has 0 amide bonds. The van der Waals surface area contributed by atoms with Crippen LogP contribution in [0, 0.1) is 11.8 Å². The first-order chi connectivity index (χ1) is 11.2. The number of esters is 1. The third kappa shape index (κ3) is 10.4. The van der Waals surface area contributed by atoms with E-state index in [0.717, 1.165) is 44.9 Å². The Bertz CT molecular complexity index is 383. The van der Waals surface area contributed by atoms with Crippen molar-refractivity contribution in [3.8, 4) is 11.8 Å². The van der Waals surface area contributed by atoms with Crippen LogP contribution in [0.5, 0.6) is 0 Å². The van der Waals surface area contributed by atoms with E-state index in [4.69, 9.17) is 4.74 Å². The summed E-state index contributed by atoms with van der Waals surface area (Å²) < 4.78 is 10.1. The normalized spacial score (nSPS) is 20.5. The maximum Gasteiger partial charge on any atom is 0.305 e. The van der Waals surface area contributed by atoms with Crippen molar-refractivity contribution in [2.45, 2.75) is 95.9 Å². The molecule has 0 aromatic carbocycles. The van der Waals surface area contributed by atoms with Gasteiger partial charge in [0, 0.05) is 6.42 Å². The molecule has 0 aromatic heterocycles. The molecule has 0 bridgehead atoms. The summed E-state index contributed by atoms with van der Waals surface area (Å²) >= 11 is 0. The van der Waals surface area contributed by atoms with Gasteiger partial charge in [0.05, 0.1) is 13.2 Å². The number of unbranched alkanes of at least 4 members (excludes halogenated alkanes) is 6. The summed E-state index contributed by atoms with van der Waals surface area (Å²) in [5, 5.41) is 9.84. The maximum absolute atomic E-state index is 10.9. The van der Waals surface area contributed by atoms with E-state index in [1.54, 1.807) is 0 Å². The number of hydrogen-bond donors (Lipinski definition) is 1. The lowest BCUT2D eigenvalue weighted by Crippen LogP contribution is -2.03. The van der Waals surface area contributed by atoms with Gasteiger partial charge in [0.15, 0.2) is 0 Å². The molecule has 1 heterocycles. The number of rotatable bonds is 12. The van der Waals surface area contributed by atoms with Gasteiger partial charge in [0.2, 0.25) is 0 Å². The molecule has 0 spiro atoms. The molecule has 3 unspecified atom stereocenters. The van der Waals surface area contributed by atoms with E-state index in [2.05, 4.69) is 23.5 Å². The lowest BCUT2D eigenvalue weighted by atomic mass is 10.1. The summed E-state index contributed by atoms with van der Waals surface area (Å²) in [4.78, 5) is 10.9. The molecule has 0 aliphatic carbocycles. The lowest BCUT2D eigenvalue weighted by Gasteiger charge is -2.03. The van der Waals surface area contributed by atoms with Crippen LogP contribution in [0.4, 0.5) is 0 Å². The van der Waals surface area contributed by atoms with Crippen LogP contribution in [0.3, 0.4) is 0 Å². The average molecular weight is 324 g/mol. The van der Waals surface area contributed by atoms with Crippen molar-refractivity contribution in [2.24, 2.45) is 0 Å². The van der Waals surface area contributed by atoms with Gasteiger partial charge in [-0.2, -0.15) is 0 Å². The number of aliphatic hydroxyl groups is 1. The number of hydrogen-bond acceptors (Lipinski definition) is 4. The summed E-state index contributed by atoms with van der Waals surface area (Å²) in [6.07, 6.45) is 10.9. The molecule has 4 nitrogen and oxygen atoms in total. The van der Waals surface area contributed by atoms with E-state index in [9.17, 15) is 9.90 Å². The van der Waals surface area contributed by atoms with Gasteiger partial charge >= 0.3 is 5.97 Å². The minimum Gasteiger partial charge on any atom is -0.469 e. The Morgan fingerprint density at radius 2 is 1.91 bits per heavy atom. The van der Waals surface area contributed by atoms with Crippen LogP contribution < -0.4 is 0 Å². The molecule has 1 fully saturated rings. The van der Waals surface area contributed by atoms with Gasteiger partial charge in [-0.15, -0.1) is 0 Å². The van der Waals surface area contributed by atoms with Crippen molar-refractivity contribution in [3.05, 3.63) is 0 Å². The fourth-order valence-corrected chi connectivity index (χ4v) is 2.57. The first kappa shape index (κ1) is 20.0. The summed E-state index contributed by atoms with van der Waals surface area (Å²) in [5.41, 5.74) is 0. The zero-order valence-electron chi connectivity index (χ0n) is 14.7. The second kappa shape index (κ2) is 12.4. The second-order valence-corrected chi connectivity index (χ2v) is 6.28. The molecular formula is C19H32O4. The number of aliphatic hydroxyl groups excluding tert-OH is 1. The maximum atomic E-state index is 10.9. The minimum absolute atomic E-state index is 0.0554. The van der Waals surface area contributed by atoms with Crippen LogP contribution in [0.2, 0.25) is 0 Å². The van der Waals surface area contributed by atoms with E-state index < -0.39 is 6.10 Å². The molecule has 1 aliphatic rings. The molecule has 23 heavy (non-hydrogen) atoms. The van der Waals surface area contributed by atoms with E-state index in [1.165, 1.54) is 26.4 Å². The molecule has 1 N–H and O–H groups in total. The number of methoxy groups -OCH3 is 1. The first-order valence-corrected chi connectivity index (χ1v) is 9.08. The Hall–Kier alpha value is -1.05. The van der Waals surface area contributed by atoms with E-state index in [-0.39, 0.29) is 12.1 Å². The minimum atomic E-state index is -0.537. The monoisotopic (exact) mass is 324 g/mol. The zero-order chi connectivity index (χ0) is 16.9. The highest BCUT2D eigenvalue weighted by Crippen LogP contribution is 2.26. The molecular weight excluding hydrogens is 292 g/mol. The fraction of sp³-hybridized carbons (Fsp3) is 0.842. The Morgan fingerprint density at radius 1 is 1.17 bits per heavy atom. The number of carbonyl (C=O) groups excluding carboxylic acids is 1. The topological polar surface area (TPSA) is 59.1 Å². The summed E-state index contributed by atoms with van der Waals surface area (Å²) in [6.45, 7) is 2.19. The van der Waals surface area contributed by atoms with Gasteiger partial charge in [-0.1, -0.05) is 57.3 Å². The highest BCUT2D eigenvalue weighted by atomic mass is 16.6. The van der Waals surface area contributed by atoms with Gasteiger partial charge in [-0.05, 0) is 25.7 Å². The van der Waals surface area contributed by atoms with E-state index >= 15 is 0 Å². The van der Waals surface area contributed by atoms with Crippen LogP contribution in [-0.2, 0) is 14.3 Å². The van der Waals surface area contributed by atoms with Crippen molar-refractivity contribution in [1.82, 2.24) is 0 Å². The van der Waals surface area contributed by atoms with Crippen molar-refractivity contribution >= 4 is 5.97 Å². The van der Waals surface area contributed by atoms with Crippen LogP contribution in [-0.4, -0.2) is 36.5 Å². The van der Waals surface area contributed by atoms with Crippen LogP contribution in [0.1, 0.15) is 77.6 Å². The lowest BCUT2D eigenvalue weighted by molar-refractivity contribution is -0.140. The van der Waals surface area contributed by atoms with Crippen LogP contribution in [0.25, 0.3) is 0 Å². The van der Waals surface area contributed by atoms with Crippen molar-refractivity contribution in [1.29, 1.82) is 0 Å². The molecule has 0 aromatic rings. The van der Waals surface area contributed by atoms with Gasteiger partial charge in [0.1, 0.15) is 12.2 Å². The Balaban J connectivity index is 1.94. The second-order valence-electron chi connectivity index (χ2n) is 6.28. The third-order valence-corrected chi connectivity index (χ3v) is 4.15. The quantitative estimate of drug-likeness (QED) is 0.258. The fourth-order valence-electron chi connectivity index (χ4n) is 2.57. The predicted molar refractivity (Wildman–Crippen MR) is 90.9 cm³/mol. The molecule has 0 saturated carbocycles. The van der Waals surface area contributed by atoms with Crippen LogP contribution >= 0.6 is 0 Å². The Labute approximate surface area is 140 Å². The Morgan fingerprint density at radius 3 is 2.65 bits per heavy atom. The van der Waals surface area contributed by atoms with E-state index in [1.807, 2.05) is 0 Å². The molecule has 1 aliphatic heterocycles.